The molecule has 2 heterocycles. The topological polar surface area (TPSA) is 63.0 Å². The van der Waals surface area contributed by atoms with Crippen molar-refractivity contribution in [2.24, 2.45) is 5.10 Å². The molecular formula is C18H13IN4O. The third kappa shape index (κ3) is 2.62. The van der Waals surface area contributed by atoms with Gasteiger partial charge in [-0.3, -0.25) is 4.79 Å². The maximum Gasteiger partial charge on any atom is 0.298 e. The van der Waals surface area contributed by atoms with Gasteiger partial charge in [-0.1, -0.05) is 23.8 Å². The van der Waals surface area contributed by atoms with Crippen LogP contribution in [-0.4, -0.2) is 20.9 Å². The van der Waals surface area contributed by atoms with E-state index in [4.69, 9.17) is 0 Å². The van der Waals surface area contributed by atoms with E-state index >= 15 is 0 Å². The lowest BCUT2D eigenvalue weighted by molar-refractivity contribution is 0.815. The molecule has 6 heteroatoms. The molecule has 4 aromatic rings. The van der Waals surface area contributed by atoms with Crippen molar-refractivity contribution in [2.45, 2.75) is 6.92 Å². The van der Waals surface area contributed by atoms with Crippen LogP contribution in [0.15, 0.2) is 58.7 Å². The average molecular weight is 428 g/mol. The summed E-state index contributed by atoms with van der Waals surface area (Å²) in [5.74, 6) is 0. The summed E-state index contributed by atoms with van der Waals surface area (Å²) < 4.78 is 2.37. The molecule has 0 atom stereocenters. The zero-order valence-corrected chi connectivity index (χ0v) is 15.0. The number of benzene rings is 2. The monoisotopic (exact) mass is 428 g/mol. The largest absolute Gasteiger partial charge is 0.349 e. The Morgan fingerprint density at radius 1 is 1.25 bits per heavy atom. The van der Waals surface area contributed by atoms with Crippen LogP contribution in [-0.2, 0) is 0 Å². The van der Waals surface area contributed by atoms with Crippen molar-refractivity contribution in [3.8, 4) is 0 Å². The molecule has 0 saturated carbocycles. The quantitative estimate of drug-likeness (QED) is 0.391. The van der Waals surface area contributed by atoms with Crippen LogP contribution in [0.25, 0.3) is 21.9 Å². The molecule has 24 heavy (non-hydrogen) atoms. The summed E-state index contributed by atoms with van der Waals surface area (Å²) in [6.45, 7) is 2.02. The average Bonchev–Trinajstić information content (AvgIpc) is 2.93. The second-order valence-corrected chi connectivity index (χ2v) is 6.84. The van der Waals surface area contributed by atoms with Crippen LogP contribution in [0.5, 0.6) is 0 Å². The van der Waals surface area contributed by atoms with Gasteiger partial charge in [0.05, 0.1) is 6.21 Å². The fraction of sp³-hybridized carbons (Fsp3) is 0.0556. The Kier molecular flexibility index (Phi) is 3.68. The van der Waals surface area contributed by atoms with Crippen LogP contribution in [0, 0.1) is 10.5 Å². The molecular weight excluding hydrogens is 415 g/mol. The fourth-order valence-electron chi connectivity index (χ4n) is 2.66. The lowest BCUT2D eigenvalue weighted by Gasteiger charge is -1.98. The van der Waals surface area contributed by atoms with Gasteiger partial charge >= 0.3 is 0 Å². The van der Waals surface area contributed by atoms with Gasteiger partial charge in [-0.05, 0) is 59.3 Å². The summed E-state index contributed by atoms with van der Waals surface area (Å²) in [5, 5.41) is 5.20. The molecule has 0 aliphatic heterocycles. The molecule has 4 rings (SSSR count). The molecule has 0 spiro atoms. The lowest BCUT2D eigenvalue weighted by atomic mass is 10.2. The maximum absolute atomic E-state index is 12.6. The molecule has 0 bridgehead atoms. The zero-order chi connectivity index (χ0) is 16.7. The van der Waals surface area contributed by atoms with Crippen molar-refractivity contribution in [3.63, 3.8) is 0 Å². The third-order valence-corrected chi connectivity index (χ3v) is 4.50. The maximum atomic E-state index is 12.6. The second kappa shape index (κ2) is 5.86. The summed E-state index contributed by atoms with van der Waals surface area (Å²) in [6.07, 6.45) is 3.12. The van der Waals surface area contributed by atoms with E-state index in [1.165, 1.54) is 11.0 Å². The van der Waals surface area contributed by atoms with Crippen LogP contribution < -0.4 is 5.56 Å². The Hall–Kier alpha value is -2.48. The van der Waals surface area contributed by atoms with Crippen LogP contribution in [0.2, 0.25) is 0 Å². The van der Waals surface area contributed by atoms with E-state index < -0.39 is 0 Å². The number of nitrogens with one attached hydrogen (secondary N) is 1. The molecule has 2 aromatic carbocycles. The number of aromatic nitrogens is 3. The van der Waals surface area contributed by atoms with Gasteiger partial charge in [0.15, 0.2) is 0 Å². The molecule has 0 radical (unpaired) electrons. The number of hydrogen-bond acceptors (Lipinski definition) is 3. The van der Waals surface area contributed by atoms with Crippen LogP contribution >= 0.6 is 22.6 Å². The van der Waals surface area contributed by atoms with E-state index in [1.807, 2.05) is 49.4 Å². The first kappa shape index (κ1) is 15.1. The van der Waals surface area contributed by atoms with E-state index in [-0.39, 0.29) is 5.56 Å². The van der Waals surface area contributed by atoms with Crippen molar-refractivity contribution in [1.29, 1.82) is 0 Å². The van der Waals surface area contributed by atoms with Crippen LogP contribution in [0.4, 0.5) is 0 Å². The Morgan fingerprint density at radius 2 is 2.12 bits per heavy atom. The number of aromatic amines is 1. The minimum absolute atomic E-state index is 0.212. The van der Waals surface area contributed by atoms with Gasteiger partial charge in [0, 0.05) is 14.5 Å². The van der Waals surface area contributed by atoms with Gasteiger partial charge in [0.25, 0.3) is 5.56 Å². The van der Waals surface area contributed by atoms with E-state index in [1.54, 1.807) is 6.21 Å². The first-order chi connectivity index (χ1) is 11.6. The zero-order valence-electron chi connectivity index (χ0n) is 12.8. The van der Waals surface area contributed by atoms with E-state index in [0.717, 1.165) is 25.6 Å². The number of nitrogens with zero attached hydrogens (tertiary/aromatic N) is 3. The minimum Gasteiger partial charge on any atom is -0.349 e. The van der Waals surface area contributed by atoms with Gasteiger partial charge in [-0.2, -0.15) is 9.78 Å². The predicted octanol–water partition coefficient (Wildman–Crippen LogP) is 3.67. The standard InChI is InChI=1S/C18H13IN4O/c1-11-5-6-15-14(7-11)16-17(22-15)18(24)23(10-20-16)21-9-12-3-2-4-13(19)8-12/h2-10,22H,1H3/b21-9-. The predicted molar refractivity (Wildman–Crippen MR) is 105 cm³/mol. The highest BCUT2D eigenvalue weighted by atomic mass is 127. The first-order valence-corrected chi connectivity index (χ1v) is 8.49. The molecule has 0 unspecified atom stereocenters. The van der Waals surface area contributed by atoms with Crippen molar-refractivity contribution in [2.75, 3.05) is 0 Å². The van der Waals surface area contributed by atoms with Crippen molar-refractivity contribution >= 4 is 50.7 Å². The molecule has 0 aliphatic carbocycles. The Bertz CT molecular complexity index is 1160. The minimum atomic E-state index is -0.212. The van der Waals surface area contributed by atoms with Crippen molar-refractivity contribution in [3.05, 3.63) is 73.8 Å². The second-order valence-electron chi connectivity index (χ2n) is 5.59. The smallest absolute Gasteiger partial charge is 0.298 e. The summed E-state index contributed by atoms with van der Waals surface area (Å²) in [4.78, 5) is 20.2. The van der Waals surface area contributed by atoms with E-state index in [9.17, 15) is 4.79 Å². The number of rotatable bonds is 2. The summed E-state index contributed by atoms with van der Waals surface area (Å²) in [5.41, 5.74) is 3.90. The lowest BCUT2D eigenvalue weighted by Crippen LogP contribution is -2.17. The first-order valence-electron chi connectivity index (χ1n) is 7.41. The van der Waals surface area contributed by atoms with Gasteiger partial charge in [-0.25, -0.2) is 4.98 Å². The Balaban J connectivity index is 1.84. The van der Waals surface area contributed by atoms with Gasteiger partial charge in [0.2, 0.25) is 0 Å². The summed E-state index contributed by atoms with van der Waals surface area (Å²) in [7, 11) is 0. The Morgan fingerprint density at radius 3 is 2.96 bits per heavy atom. The summed E-state index contributed by atoms with van der Waals surface area (Å²) >= 11 is 2.24. The highest BCUT2D eigenvalue weighted by molar-refractivity contribution is 14.1. The molecule has 2 aromatic heterocycles. The molecule has 118 valence electrons. The number of H-pyrrole nitrogens is 1. The number of hydrogen-bond donors (Lipinski definition) is 1. The molecule has 0 saturated heterocycles. The highest BCUT2D eigenvalue weighted by Gasteiger charge is 2.10. The SMILES string of the molecule is Cc1ccc2[nH]c3c(=O)n(/N=C\c4cccc(I)c4)cnc3c2c1. The number of aryl methyl sites for hydroxylation is 1. The van der Waals surface area contributed by atoms with Crippen molar-refractivity contribution in [1.82, 2.24) is 14.6 Å². The third-order valence-electron chi connectivity index (χ3n) is 3.82. The number of halogens is 1. The van der Waals surface area contributed by atoms with E-state index in [2.05, 4.69) is 37.7 Å². The molecule has 5 nitrogen and oxygen atoms in total. The Labute approximate surface area is 151 Å². The van der Waals surface area contributed by atoms with E-state index in [0.29, 0.717) is 11.0 Å². The molecule has 0 amide bonds. The molecule has 0 aliphatic rings. The molecule has 1 N–H and O–H groups in total. The summed E-state index contributed by atoms with van der Waals surface area (Å²) in [6, 6.07) is 13.9. The van der Waals surface area contributed by atoms with Gasteiger partial charge in [-0.15, -0.1) is 0 Å². The highest BCUT2D eigenvalue weighted by Crippen LogP contribution is 2.22. The van der Waals surface area contributed by atoms with Crippen molar-refractivity contribution < 1.29 is 0 Å². The van der Waals surface area contributed by atoms with Gasteiger partial charge < -0.3 is 4.98 Å². The van der Waals surface area contributed by atoms with Gasteiger partial charge in [0.1, 0.15) is 17.4 Å². The normalized spacial score (nSPS) is 11.8. The van der Waals surface area contributed by atoms with Crippen LogP contribution in [0.3, 0.4) is 0 Å². The fourth-order valence-corrected chi connectivity index (χ4v) is 3.23. The molecule has 0 fully saturated rings. The van der Waals surface area contributed by atoms with Crippen LogP contribution in [0.1, 0.15) is 11.1 Å². The number of fused-ring (bicyclic) bond motifs is 3.